The Hall–Kier alpha value is -2.92. The number of methoxy groups -OCH3 is 1. The zero-order valence-corrected chi connectivity index (χ0v) is 16.9. The lowest BCUT2D eigenvalue weighted by atomic mass is 10.0. The molecule has 0 amide bonds. The van der Waals surface area contributed by atoms with E-state index in [0.29, 0.717) is 15.8 Å². The first kappa shape index (κ1) is 19.8. The van der Waals surface area contributed by atoms with Gasteiger partial charge in [-0.25, -0.2) is 0 Å². The fourth-order valence-electron chi connectivity index (χ4n) is 2.73. The van der Waals surface area contributed by atoms with E-state index in [1.165, 1.54) is 0 Å². The quantitative estimate of drug-likeness (QED) is 0.380. The Morgan fingerprint density at radius 1 is 0.893 bits per heavy atom. The van der Waals surface area contributed by atoms with Crippen molar-refractivity contribution in [1.29, 1.82) is 0 Å². The Balaban J connectivity index is 1.54. The maximum atomic E-state index is 12.2. The van der Waals surface area contributed by atoms with Crippen molar-refractivity contribution in [3.63, 3.8) is 0 Å². The minimum absolute atomic E-state index is 0.120. The molecule has 3 rings (SSSR count). The summed E-state index contributed by atoms with van der Waals surface area (Å²) in [6.07, 6.45) is 0.120. The number of benzene rings is 3. The van der Waals surface area contributed by atoms with Crippen LogP contribution in [0.5, 0.6) is 5.75 Å². The van der Waals surface area contributed by atoms with E-state index in [0.717, 1.165) is 16.7 Å². The van der Waals surface area contributed by atoms with Gasteiger partial charge >= 0.3 is 5.97 Å². The Labute approximate surface area is 172 Å². The van der Waals surface area contributed by atoms with Gasteiger partial charge in [0.05, 0.1) is 18.0 Å². The summed E-state index contributed by atoms with van der Waals surface area (Å²) in [5.74, 6) is -0.0722. The smallest absolute Gasteiger partial charge is 0.310 e. The highest BCUT2D eigenvalue weighted by atomic mass is 79.9. The van der Waals surface area contributed by atoms with E-state index < -0.39 is 5.97 Å². The first-order chi connectivity index (χ1) is 13.6. The molecule has 0 heterocycles. The summed E-state index contributed by atoms with van der Waals surface area (Å²) >= 11 is 3.34. The molecule has 0 fully saturated rings. The van der Waals surface area contributed by atoms with Crippen LogP contribution in [0.4, 0.5) is 0 Å². The Morgan fingerprint density at radius 2 is 1.57 bits per heavy atom. The van der Waals surface area contributed by atoms with Gasteiger partial charge in [-0.05, 0) is 50.8 Å². The predicted molar refractivity (Wildman–Crippen MR) is 112 cm³/mol. The van der Waals surface area contributed by atoms with Crippen LogP contribution >= 0.6 is 15.9 Å². The number of ketones is 1. The van der Waals surface area contributed by atoms with E-state index in [2.05, 4.69) is 15.9 Å². The minimum atomic E-state index is -0.437. The molecule has 5 heteroatoms. The number of hydrogen-bond acceptors (Lipinski definition) is 4. The molecule has 0 unspecified atom stereocenters. The number of halogens is 1. The summed E-state index contributed by atoms with van der Waals surface area (Å²) in [6, 6.07) is 22.7. The molecule has 0 radical (unpaired) electrons. The zero-order chi connectivity index (χ0) is 19.9. The van der Waals surface area contributed by atoms with E-state index in [9.17, 15) is 9.59 Å². The van der Waals surface area contributed by atoms with E-state index in [1.54, 1.807) is 25.3 Å². The van der Waals surface area contributed by atoms with Crippen molar-refractivity contribution < 1.29 is 19.1 Å². The second-order valence-corrected chi connectivity index (χ2v) is 7.03. The fraction of sp³-hybridized carbons (Fsp3) is 0.130. The number of ether oxygens (including phenoxy) is 2. The van der Waals surface area contributed by atoms with Gasteiger partial charge < -0.3 is 9.47 Å². The van der Waals surface area contributed by atoms with Crippen molar-refractivity contribution in [2.75, 3.05) is 13.7 Å². The molecule has 0 atom stereocenters. The molecular weight excluding hydrogens is 420 g/mol. The SMILES string of the molecule is COc1ccc(C(=O)COC(=O)Cc2ccc(-c3ccccc3)cc2)cc1Br. The van der Waals surface area contributed by atoms with Crippen molar-refractivity contribution in [3.05, 3.63) is 88.4 Å². The van der Waals surface area contributed by atoms with Gasteiger partial charge in [-0.3, -0.25) is 9.59 Å². The molecule has 0 aliphatic carbocycles. The highest BCUT2D eigenvalue weighted by Crippen LogP contribution is 2.25. The molecule has 4 nitrogen and oxygen atoms in total. The standard InChI is InChI=1S/C23H19BrO4/c1-27-22-12-11-19(14-20(22)24)21(25)15-28-23(26)13-16-7-9-18(10-8-16)17-5-3-2-4-6-17/h2-12,14H,13,15H2,1H3. The van der Waals surface area contributed by atoms with Crippen LogP contribution in [0.1, 0.15) is 15.9 Å². The molecule has 0 aliphatic rings. The maximum absolute atomic E-state index is 12.2. The number of Topliss-reactive ketones (excluding diaryl/α,β-unsaturated/α-hetero) is 1. The molecule has 0 saturated carbocycles. The van der Waals surface area contributed by atoms with Crippen LogP contribution in [-0.4, -0.2) is 25.5 Å². The molecule has 0 saturated heterocycles. The molecule has 0 spiro atoms. The molecular formula is C23H19BrO4. The fourth-order valence-corrected chi connectivity index (χ4v) is 3.27. The molecule has 3 aromatic carbocycles. The summed E-state index contributed by atoms with van der Waals surface area (Å²) in [5.41, 5.74) is 3.49. The third kappa shape index (κ3) is 5.08. The van der Waals surface area contributed by atoms with Gasteiger partial charge in [-0.2, -0.15) is 0 Å². The van der Waals surface area contributed by atoms with Crippen LogP contribution < -0.4 is 4.74 Å². The van der Waals surface area contributed by atoms with Crippen molar-refractivity contribution in [3.8, 4) is 16.9 Å². The van der Waals surface area contributed by atoms with Crippen LogP contribution in [0.25, 0.3) is 11.1 Å². The Kier molecular flexibility index (Phi) is 6.61. The van der Waals surface area contributed by atoms with Gasteiger partial charge in [-0.15, -0.1) is 0 Å². The number of rotatable bonds is 7. The van der Waals surface area contributed by atoms with Crippen LogP contribution in [0, 0.1) is 0 Å². The molecule has 28 heavy (non-hydrogen) atoms. The number of carbonyl (C=O) groups is 2. The summed E-state index contributed by atoms with van der Waals surface area (Å²) in [5, 5.41) is 0. The monoisotopic (exact) mass is 438 g/mol. The molecule has 0 aliphatic heterocycles. The number of hydrogen-bond donors (Lipinski definition) is 0. The van der Waals surface area contributed by atoms with Crippen molar-refractivity contribution in [2.24, 2.45) is 0 Å². The largest absolute Gasteiger partial charge is 0.496 e. The highest BCUT2D eigenvalue weighted by molar-refractivity contribution is 9.10. The Bertz CT molecular complexity index is 966. The van der Waals surface area contributed by atoms with Gasteiger partial charge in [-0.1, -0.05) is 54.6 Å². The normalized spacial score (nSPS) is 10.4. The van der Waals surface area contributed by atoms with E-state index in [4.69, 9.17) is 9.47 Å². The van der Waals surface area contributed by atoms with Crippen molar-refractivity contribution >= 4 is 27.7 Å². The van der Waals surface area contributed by atoms with Gasteiger partial charge in [0.25, 0.3) is 0 Å². The lowest BCUT2D eigenvalue weighted by Gasteiger charge is -2.07. The van der Waals surface area contributed by atoms with E-state index >= 15 is 0 Å². The van der Waals surface area contributed by atoms with Crippen LogP contribution in [0.15, 0.2) is 77.3 Å². The number of esters is 1. The highest BCUT2D eigenvalue weighted by Gasteiger charge is 2.12. The van der Waals surface area contributed by atoms with Crippen molar-refractivity contribution in [1.82, 2.24) is 0 Å². The third-order valence-corrected chi connectivity index (χ3v) is 4.87. The van der Waals surface area contributed by atoms with E-state index in [-0.39, 0.29) is 18.8 Å². The minimum Gasteiger partial charge on any atom is -0.496 e. The summed E-state index contributed by atoms with van der Waals surface area (Å²) in [7, 11) is 1.55. The van der Waals surface area contributed by atoms with Crippen LogP contribution in [0.3, 0.4) is 0 Å². The zero-order valence-electron chi connectivity index (χ0n) is 15.4. The second-order valence-electron chi connectivity index (χ2n) is 6.17. The van der Waals surface area contributed by atoms with Crippen LogP contribution in [-0.2, 0) is 16.0 Å². The van der Waals surface area contributed by atoms with Gasteiger partial charge in [0.1, 0.15) is 5.75 Å². The molecule has 0 aromatic heterocycles. The topological polar surface area (TPSA) is 52.6 Å². The second kappa shape index (κ2) is 9.33. The Morgan fingerprint density at radius 3 is 2.21 bits per heavy atom. The first-order valence-electron chi connectivity index (χ1n) is 8.73. The van der Waals surface area contributed by atoms with E-state index in [1.807, 2.05) is 54.6 Å². The van der Waals surface area contributed by atoms with Gasteiger partial charge in [0.15, 0.2) is 12.4 Å². The molecule has 3 aromatic rings. The average molecular weight is 439 g/mol. The maximum Gasteiger partial charge on any atom is 0.310 e. The molecule has 0 N–H and O–H groups in total. The third-order valence-electron chi connectivity index (χ3n) is 4.25. The molecule has 0 bridgehead atoms. The lowest BCUT2D eigenvalue weighted by Crippen LogP contribution is -2.15. The van der Waals surface area contributed by atoms with Gasteiger partial charge in [0, 0.05) is 5.56 Å². The van der Waals surface area contributed by atoms with Crippen molar-refractivity contribution in [2.45, 2.75) is 6.42 Å². The van der Waals surface area contributed by atoms with Crippen LogP contribution in [0.2, 0.25) is 0 Å². The van der Waals surface area contributed by atoms with Gasteiger partial charge in [0.2, 0.25) is 0 Å². The molecule has 142 valence electrons. The predicted octanol–water partition coefficient (Wildman–Crippen LogP) is 5.09. The lowest BCUT2D eigenvalue weighted by molar-refractivity contribution is -0.141. The summed E-state index contributed by atoms with van der Waals surface area (Å²) in [4.78, 5) is 24.3. The average Bonchev–Trinajstić information content (AvgIpc) is 2.73. The summed E-state index contributed by atoms with van der Waals surface area (Å²) < 4.78 is 10.9. The first-order valence-corrected chi connectivity index (χ1v) is 9.53. The number of carbonyl (C=O) groups excluding carboxylic acids is 2. The summed E-state index contributed by atoms with van der Waals surface area (Å²) in [6.45, 7) is -0.292.